The van der Waals surface area contributed by atoms with Gasteiger partial charge >= 0.3 is 17.9 Å². The monoisotopic (exact) mass is 951 g/mol. The zero-order valence-corrected chi connectivity index (χ0v) is 44.0. The molecule has 386 valence electrons. The minimum atomic E-state index is -0.822. The van der Waals surface area contributed by atoms with Gasteiger partial charge in [-0.3, -0.25) is 14.4 Å². The van der Waals surface area contributed by atoms with Crippen LogP contribution in [0.1, 0.15) is 213 Å². The Bertz CT molecular complexity index is 1560. The van der Waals surface area contributed by atoms with E-state index >= 15 is 0 Å². The second-order valence-corrected chi connectivity index (χ2v) is 17.7. The van der Waals surface area contributed by atoms with Crippen LogP contribution in [-0.4, -0.2) is 37.2 Å². The summed E-state index contributed by atoms with van der Waals surface area (Å²) in [5, 5.41) is 0. The normalized spacial score (nSPS) is 13.3. The van der Waals surface area contributed by atoms with E-state index in [4.69, 9.17) is 14.2 Å². The first-order valence-corrected chi connectivity index (χ1v) is 27.5. The van der Waals surface area contributed by atoms with Gasteiger partial charge in [0, 0.05) is 19.3 Å². The maximum Gasteiger partial charge on any atom is 0.306 e. The third-order valence-corrected chi connectivity index (χ3v) is 11.1. The molecule has 0 aliphatic rings. The number of rotatable bonds is 47. The van der Waals surface area contributed by atoms with Crippen molar-refractivity contribution in [3.63, 3.8) is 0 Å². The molecule has 0 aromatic rings. The molecular weight excluding hydrogens is 853 g/mol. The van der Waals surface area contributed by atoms with Crippen molar-refractivity contribution in [2.75, 3.05) is 13.2 Å². The number of ether oxygens (including phenoxy) is 3. The molecule has 1 atom stereocenters. The van der Waals surface area contributed by atoms with Crippen LogP contribution in [0.5, 0.6) is 0 Å². The van der Waals surface area contributed by atoms with Crippen molar-refractivity contribution < 1.29 is 28.6 Å². The number of unbranched alkanes of at least 4 members (excludes halogenated alkanes) is 21. The molecule has 0 radical (unpaired) electrons. The summed E-state index contributed by atoms with van der Waals surface area (Å²) in [6.45, 7) is 6.31. The topological polar surface area (TPSA) is 78.9 Å². The molecule has 0 aliphatic carbocycles. The van der Waals surface area contributed by atoms with E-state index in [1.165, 1.54) is 57.8 Å². The largest absolute Gasteiger partial charge is 0.462 e. The van der Waals surface area contributed by atoms with E-state index < -0.39 is 6.10 Å². The molecule has 6 nitrogen and oxygen atoms in total. The minimum Gasteiger partial charge on any atom is -0.462 e. The summed E-state index contributed by atoms with van der Waals surface area (Å²) in [6, 6.07) is 0. The van der Waals surface area contributed by atoms with Crippen LogP contribution in [0.2, 0.25) is 0 Å². The van der Waals surface area contributed by atoms with Crippen molar-refractivity contribution in [1.82, 2.24) is 0 Å². The molecule has 0 rings (SSSR count). The Labute approximate surface area is 423 Å². The van der Waals surface area contributed by atoms with Crippen molar-refractivity contribution in [3.8, 4) is 0 Å². The second kappa shape index (κ2) is 55.9. The van der Waals surface area contributed by atoms with Crippen LogP contribution < -0.4 is 0 Å². The summed E-state index contributed by atoms with van der Waals surface area (Å²) in [6.07, 6.45) is 79.6. The number of hydrogen-bond donors (Lipinski definition) is 0. The molecule has 0 saturated carbocycles. The summed E-state index contributed by atoms with van der Waals surface area (Å²) in [7, 11) is 0. The van der Waals surface area contributed by atoms with E-state index in [-0.39, 0.29) is 37.5 Å². The first kappa shape index (κ1) is 64.3. The first-order chi connectivity index (χ1) is 34.0. The third kappa shape index (κ3) is 54.1. The number of esters is 3. The Hall–Kier alpha value is -4.71. The van der Waals surface area contributed by atoms with Crippen molar-refractivity contribution in [2.24, 2.45) is 0 Å². The van der Waals surface area contributed by atoms with Gasteiger partial charge in [-0.2, -0.15) is 0 Å². The Morgan fingerprint density at radius 3 is 0.971 bits per heavy atom. The summed E-state index contributed by atoms with van der Waals surface area (Å²) in [4.78, 5) is 38.1. The molecule has 0 bridgehead atoms. The fraction of sp³-hybridized carbons (Fsp3) is 0.571. The highest BCUT2D eigenvalue weighted by Crippen LogP contribution is 2.13. The summed E-state index contributed by atoms with van der Waals surface area (Å²) >= 11 is 0. The maximum absolute atomic E-state index is 12.8. The van der Waals surface area contributed by atoms with E-state index in [1.54, 1.807) is 0 Å². The van der Waals surface area contributed by atoms with Crippen molar-refractivity contribution in [1.29, 1.82) is 0 Å². The fourth-order valence-corrected chi connectivity index (χ4v) is 6.95. The SMILES string of the molecule is CC\C=C/C=C\C=C/C=C\C=C/CCCCCC(=O)OCC(COC(=O)CCCCCCC\C=C/C=C\C=C/C=C\C=C/CCC)OC(=O)CCCCCCC/C=C\C=C/CCCCCCCCC. The molecule has 0 aromatic carbocycles. The zero-order valence-electron chi connectivity index (χ0n) is 44.0. The van der Waals surface area contributed by atoms with Crippen molar-refractivity contribution in [3.05, 3.63) is 146 Å². The van der Waals surface area contributed by atoms with E-state index in [1.807, 2.05) is 85.1 Å². The van der Waals surface area contributed by atoms with Gasteiger partial charge in [-0.05, 0) is 83.5 Å². The van der Waals surface area contributed by atoms with Crippen LogP contribution >= 0.6 is 0 Å². The lowest BCUT2D eigenvalue weighted by Gasteiger charge is -2.18. The van der Waals surface area contributed by atoms with Crippen LogP contribution in [0.25, 0.3) is 0 Å². The predicted molar refractivity (Wildman–Crippen MR) is 297 cm³/mol. The summed E-state index contributed by atoms with van der Waals surface area (Å²) < 4.78 is 16.8. The Kier molecular flexibility index (Phi) is 52.1. The number of carbonyl (C=O) groups is 3. The Morgan fingerprint density at radius 2 is 0.594 bits per heavy atom. The van der Waals surface area contributed by atoms with Gasteiger partial charge in [0.05, 0.1) is 0 Å². The van der Waals surface area contributed by atoms with E-state index in [0.717, 1.165) is 116 Å². The molecular formula is C63H98O6. The van der Waals surface area contributed by atoms with Gasteiger partial charge in [0.25, 0.3) is 0 Å². The van der Waals surface area contributed by atoms with E-state index in [0.29, 0.717) is 12.8 Å². The lowest BCUT2D eigenvalue weighted by molar-refractivity contribution is -0.167. The van der Waals surface area contributed by atoms with Crippen LogP contribution in [0.3, 0.4) is 0 Å². The summed E-state index contributed by atoms with van der Waals surface area (Å²) in [5.41, 5.74) is 0. The number of hydrogen-bond acceptors (Lipinski definition) is 6. The minimum absolute atomic E-state index is 0.118. The maximum atomic E-state index is 12.8. The summed E-state index contributed by atoms with van der Waals surface area (Å²) in [5.74, 6) is -1.01. The average molecular weight is 951 g/mol. The number of carbonyl (C=O) groups excluding carboxylic acids is 3. The molecule has 0 heterocycles. The lowest BCUT2D eigenvalue weighted by Crippen LogP contribution is -2.30. The highest BCUT2D eigenvalue weighted by atomic mass is 16.6. The van der Waals surface area contributed by atoms with Gasteiger partial charge in [0.1, 0.15) is 13.2 Å². The Morgan fingerprint density at radius 1 is 0.304 bits per heavy atom. The molecule has 0 amide bonds. The quantitative estimate of drug-likeness (QED) is 0.0262. The molecule has 1 unspecified atom stereocenters. The standard InChI is InChI=1S/C63H98O6/c1-4-7-10-13-16-19-22-25-28-30-32-35-38-41-44-47-50-53-56-62(65)68-59-60(58-67-61(64)55-52-49-46-43-40-37-34-27-24-21-18-15-12-9-6-3)69-63(66)57-54-51-48-45-42-39-36-33-31-29-26-23-20-17-14-11-8-5-2/h9-10,12-13,15-16,18-19,21-22,24-25,27-37,40,60H,4-8,11,14,17,20,23,26,38-39,41-59H2,1-3H3/b12-9-,13-10-,18-15-,19-16-,24-21-,25-22-,30-28-,31-29-,34-27-,35-32-,36-33-,40-37-. The van der Waals surface area contributed by atoms with Crippen LogP contribution in [0.4, 0.5) is 0 Å². The van der Waals surface area contributed by atoms with Crippen LogP contribution in [0, 0.1) is 0 Å². The third-order valence-electron chi connectivity index (χ3n) is 11.1. The van der Waals surface area contributed by atoms with Crippen molar-refractivity contribution >= 4 is 17.9 Å². The molecule has 0 fully saturated rings. The van der Waals surface area contributed by atoms with Gasteiger partial charge in [0.2, 0.25) is 0 Å². The molecule has 0 aliphatic heterocycles. The molecule has 0 saturated heterocycles. The first-order valence-electron chi connectivity index (χ1n) is 27.5. The van der Waals surface area contributed by atoms with E-state index in [9.17, 15) is 14.4 Å². The highest BCUT2D eigenvalue weighted by Gasteiger charge is 2.19. The van der Waals surface area contributed by atoms with Crippen LogP contribution in [-0.2, 0) is 28.6 Å². The zero-order chi connectivity index (χ0) is 50.0. The molecule has 69 heavy (non-hydrogen) atoms. The smallest absolute Gasteiger partial charge is 0.306 e. The van der Waals surface area contributed by atoms with Crippen molar-refractivity contribution in [2.45, 2.75) is 219 Å². The molecule has 6 heteroatoms. The average Bonchev–Trinajstić information content (AvgIpc) is 3.35. The van der Waals surface area contributed by atoms with Crippen LogP contribution in [0.15, 0.2) is 146 Å². The molecule has 0 N–H and O–H groups in total. The fourth-order valence-electron chi connectivity index (χ4n) is 6.95. The lowest BCUT2D eigenvalue weighted by atomic mass is 10.1. The molecule has 0 aromatic heterocycles. The highest BCUT2D eigenvalue weighted by molar-refractivity contribution is 5.71. The van der Waals surface area contributed by atoms with Gasteiger partial charge in [-0.1, -0.05) is 256 Å². The second-order valence-electron chi connectivity index (χ2n) is 17.7. The predicted octanol–water partition coefficient (Wildman–Crippen LogP) is 18.4. The van der Waals surface area contributed by atoms with Gasteiger partial charge in [-0.15, -0.1) is 0 Å². The van der Waals surface area contributed by atoms with Gasteiger partial charge < -0.3 is 14.2 Å². The van der Waals surface area contributed by atoms with Gasteiger partial charge in [-0.25, -0.2) is 0 Å². The Balaban J connectivity index is 4.58. The molecule has 0 spiro atoms. The van der Waals surface area contributed by atoms with Gasteiger partial charge in [0.15, 0.2) is 6.10 Å². The van der Waals surface area contributed by atoms with E-state index in [2.05, 4.69) is 81.5 Å². The number of allylic oxidation sites excluding steroid dienone is 24.